The molecule has 1 unspecified atom stereocenters. The molecule has 7 heteroatoms. The highest BCUT2D eigenvalue weighted by molar-refractivity contribution is 5.50. The van der Waals surface area contributed by atoms with E-state index in [4.69, 9.17) is 16.0 Å². The number of hydrogen-bond donors (Lipinski definition) is 3. The lowest BCUT2D eigenvalue weighted by Crippen LogP contribution is -2.11. The van der Waals surface area contributed by atoms with Crippen LogP contribution in [0, 0.1) is 13.8 Å². The van der Waals surface area contributed by atoms with Gasteiger partial charge in [0.2, 0.25) is 5.95 Å². The Bertz CT molecular complexity index is 525. The molecule has 0 radical (unpaired) electrons. The molecule has 0 fully saturated rings. The maximum atomic E-state index is 5.61. The summed E-state index contributed by atoms with van der Waals surface area (Å²) in [6.07, 6.45) is 0. The standard InChI is InChI=1S/C11H16N6O/c1-5(10-6(2)17-18-7(10)3)14-9-4-8(12)15-11(13)16-9/h4-5H,1-3H3,(H5,12,13,14,15,16). The monoisotopic (exact) mass is 248 g/mol. The van der Waals surface area contributed by atoms with Crippen LogP contribution in [0.4, 0.5) is 17.6 Å². The molecule has 0 aromatic carbocycles. The van der Waals surface area contributed by atoms with Gasteiger partial charge in [-0.2, -0.15) is 9.97 Å². The van der Waals surface area contributed by atoms with E-state index in [-0.39, 0.29) is 12.0 Å². The Kier molecular flexibility index (Phi) is 3.05. The molecule has 0 bridgehead atoms. The molecule has 7 nitrogen and oxygen atoms in total. The number of hydrogen-bond acceptors (Lipinski definition) is 7. The Morgan fingerprint density at radius 1 is 1.28 bits per heavy atom. The van der Waals surface area contributed by atoms with Crippen LogP contribution in [0.15, 0.2) is 10.6 Å². The molecule has 0 aliphatic carbocycles. The van der Waals surface area contributed by atoms with E-state index in [0.717, 1.165) is 17.0 Å². The summed E-state index contributed by atoms with van der Waals surface area (Å²) < 4.78 is 5.13. The van der Waals surface area contributed by atoms with Crippen LogP contribution >= 0.6 is 0 Å². The fourth-order valence-corrected chi connectivity index (χ4v) is 1.96. The van der Waals surface area contributed by atoms with Crippen LogP contribution < -0.4 is 16.8 Å². The molecule has 0 saturated heterocycles. The smallest absolute Gasteiger partial charge is 0.223 e. The number of nitrogens with zero attached hydrogens (tertiary/aromatic N) is 3. The Hall–Kier alpha value is -2.31. The van der Waals surface area contributed by atoms with Crippen molar-refractivity contribution in [3.8, 4) is 0 Å². The van der Waals surface area contributed by atoms with Crippen molar-refractivity contribution in [1.29, 1.82) is 0 Å². The average molecular weight is 248 g/mol. The summed E-state index contributed by atoms with van der Waals surface area (Å²) in [5, 5.41) is 7.11. The topological polar surface area (TPSA) is 116 Å². The molecule has 0 aliphatic rings. The molecular weight excluding hydrogens is 232 g/mol. The van der Waals surface area contributed by atoms with Gasteiger partial charge in [-0.3, -0.25) is 0 Å². The van der Waals surface area contributed by atoms with E-state index >= 15 is 0 Å². The van der Waals surface area contributed by atoms with E-state index in [1.165, 1.54) is 0 Å². The first-order valence-electron chi connectivity index (χ1n) is 5.56. The first-order chi connectivity index (χ1) is 8.47. The van der Waals surface area contributed by atoms with Gasteiger partial charge < -0.3 is 21.3 Å². The lowest BCUT2D eigenvalue weighted by atomic mass is 10.1. The van der Waals surface area contributed by atoms with Crippen LogP contribution in [-0.2, 0) is 0 Å². The van der Waals surface area contributed by atoms with Gasteiger partial charge in [0.15, 0.2) is 0 Å². The van der Waals surface area contributed by atoms with E-state index in [0.29, 0.717) is 11.6 Å². The van der Waals surface area contributed by atoms with Gasteiger partial charge in [0.1, 0.15) is 17.4 Å². The van der Waals surface area contributed by atoms with Gasteiger partial charge >= 0.3 is 0 Å². The zero-order valence-electron chi connectivity index (χ0n) is 10.6. The Balaban J connectivity index is 2.24. The van der Waals surface area contributed by atoms with E-state index in [1.54, 1.807) is 6.07 Å². The zero-order valence-corrected chi connectivity index (χ0v) is 10.6. The van der Waals surface area contributed by atoms with Gasteiger partial charge in [-0.25, -0.2) is 0 Å². The number of nitrogens with one attached hydrogen (secondary N) is 1. The van der Waals surface area contributed by atoms with Crippen LogP contribution in [0.2, 0.25) is 0 Å². The zero-order chi connectivity index (χ0) is 13.3. The van der Waals surface area contributed by atoms with Gasteiger partial charge in [-0.05, 0) is 20.8 Å². The van der Waals surface area contributed by atoms with Crippen molar-refractivity contribution in [2.24, 2.45) is 0 Å². The molecule has 2 rings (SSSR count). The summed E-state index contributed by atoms with van der Waals surface area (Å²) in [6.45, 7) is 5.75. The number of aromatic nitrogens is 3. The lowest BCUT2D eigenvalue weighted by molar-refractivity contribution is 0.392. The molecule has 0 spiro atoms. The predicted octanol–water partition coefficient (Wildman–Crippen LogP) is 1.42. The maximum absolute atomic E-state index is 5.61. The summed E-state index contributed by atoms with van der Waals surface area (Å²) in [6, 6.07) is 1.62. The van der Waals surface area contributed by atoms with Crippen LogP contribution in [0.1, 0.15) is 30.0 Å². The molecule has 5 N–H and O–H groups in total. The van der Waals surface area contributed by atoms with Crippen LogP contribution in [0.3, 0.4) is 0 Å². The SMILES string of the molecule is Cc1noc(C)c1C(C)Nc1cc(N)nc(N)n1. The van der Waals surface area contributed by atoms with Crippen molar-refractivity contribution in [2.75, 3.05) is 16.8 Å². The third-order valence-electron chi connectivity index (χ3n) is 2.65. The third kappa shape index (κ3) is 2.34. The quantitative estimate of drug-likeness (QED) is 0.752. The van der Waals surface area contributed by atoms with Crippen LogP contribution in [0.5, 0.6) is 0 Å². The van der Waals surface area contributed by atoms with Crippen molar-refractivity contribution >= 4 is 17.6 Å². The molecule has 2 heterocycles. The van der Waals surface area contributed by atoms with Crippen molar-refractivity contribution in [3.05, 3.63) is 23.1 Å². The minimum Gasteiger partial charge on any atom is -0.383 e. The van der Waals surface area contributed by atoms with Crippen molar-refractivity contribution in [2.45, 2.75) is 26.8 Å². The Morgan fingerprint density at radius 2 is 2.00 bits per heavy atom. The number of aryl methyl sites for hydroxylation is 2. The van der Waals surface area contributed by atoms with Crippen molar-refractivity contribution < 1.29 is 4.52 Å². The largest absolute Gasteiger partial charge is 0.383 e. The first kappa shape index (κ1) is 12.2. The van der Waals surface area contributed by atoms with Gasteiger partial charge in [0, 0.05) is 11.6 Å². The Labute approximate surface area is 105 Å². The highest BCUT2D eigenvalue weighted by atomic mass is 16.5. The third-order valence-corrected chi connectivity index (χ3v) is 2.65. The second-order valence-electron chi connectivity index (χ2n) is 4.14. The van der Waals surface area contributed by atoms with Gasteiger partial charge in [-0.15, -0.1) is 0 Å². The number of nitrogen functional groups attached to an aromatic ring is 2. The van der Waals surface area contributed by atoms with Gasteiger partial charge in [0.05, 0.1) is 11.7 Å². The van der Waals surface area contributed by atoms with Crippen LogP contribution in [-0.4, -0.2) is 15.1 Å². The van der Waals surface area contributed by atoms with E-state index in [9.17, 15) is 0 Å². The molecule has 0 saturated carbocycles. The van der Waals surface area contributed by atoms with E-state index in [2.05, 4.69) is 20.4 Å². The highest BCUT2D eigenvalue weighted by Crippen LogP contribution is 2.24. The molecule has 0 amide bonds. The first-order valence-corrected chi connectivity index (χ1v) is 5.56. The molecule has 96 valence electrons. The van der Waals surface area contributed by atoms with Crippen LogP contribution in [0.25, 0.3) is 0 Å². The Morgan fingerprint density at radius 3 is 2.56 bits per heavy atom. The summed E-state index contributed by atoms with van der Waals surface area (Å²) in [5.74, 6) is 1.83. The molecule has 1 atom stereocenters. The number of rotatable bonds is 3. The number of anilines is 3. The average Bonchev–Trinajstić information content (AvgIpc) is 2.56. The summed E-state index contributed by atoms with van der Waals surface area (Å²) >= 11 is 0. The molecule has 2 aromatic heterocycles. The maximum Gasteiger partial charge on any atom is 0.223 e. The summed E-state index contributed by atoms with van der Waals surface area (Å²) in [7, 11) is 0. The molecule has 2 aromatic rings. The summed E-state index contributed by atoms with van der Waals surface area (Å²) in [5.41, 5.74) is 13.0. The molecule has 18 heavy (non-hydrogen) atoms. The molecule has 0 aliphatic heterocycles. The van der Waals surface area contributed by atoms with E-state index < -0.39 is 0 Å². The second-order valence-corrected chi connectivity index (χ2v) is 4.14. The van der Waals surface area contributed by atoms with Crippen molar-refractivity contribution in [3.63, 3.8) is 0 Å². The van der Waals surface area contributed by atoms with Gasteiger partial charge in [-0.1, -0.05) is 5.16 Å². The minimum absolute atomic E-state index is 0.00931. The number of nitrogens with two attached hydrogens (primary N) is 2. The van der Waals surface area contributed by atoms with E-state index in [1.807, 2.05) is 20.8 Å². The molecular formula is C11H16N6O. The lowest BCUT2D eigenvalue weighted by Gasteiger charge is -2.14. The predicted molar refractivity (Wildman–Crippen MR) is 68.9 cm³/mol. The highest BCUT2D eigenvalue weighted by Gasteiger charge is 2.16. The fourth-order valence-electron chi connectivity index (χ4n) is 1.96. The summed E-state index contributed by atoms with van der Waals surface area (Å²) in [4.78, 5) is 7.88. The normalized spacial score (nSPS) is 12.4. The van der Waals surface area contributed by atoms with Gasteiger partial charge in [0.25, 0.3) is 0 Å². The minimum atomic E-state index is -0.00931. The van der Waals surface area contributed by atoms with Crippen molar-refractivity contribution in [1.82, 2.24) is 15.1 Å². The second kappa shape index (κ2) is 4.52. The fraction of sp³-hybridized carbons (Fsp3) is 0.364.